The highest BCUT2D eigenvalue weighted by Crippen LogP contribution is 2.21. The molecule has 134 valence electrons. The lowest BCUT2D eigenvalue weighted by Crippen LogP contribution is -2.44. The highest BCUT2D eigenvalue weighted by atomic mass is 16.5. The molecule has 0 aromatic carbocycles. The van der Waals surface area contributed by atoms with Gasteiger partial charge in [-0.1, -0.05) is 20.8 Å². The molecule has 1 amide bonds. The lowest BCUT2D eigenvalue weighted by atomic mass is 9.92. The molecule has 2 unspecified atom stereocenters. The Labute approximate surface area is 145 Å². The van der Waals surface area contributed by atoms with Crippen LogP contribution in [-0.4, -0.2) is 45.1 Å². The minimum Gasteiger partial charge on any atom is -0.377 e. The summed E-state index contributed by atoms with van der Waals surface area (Å²) in [5.74, 6) is -0.298. The van der Waals surface area contributed by atoms with Crippen LogP contribution in [0.15, 0.2) is 23.0 Å². The first-order valence-corrected chi connectivity index (χ1v) is 8.26. The third kappa shape index (κ3) is 3.63. The Bertz CT molecular complexity index is 833. The number of aromatic nitrogens is 4. The Kier molecular flexibility index (Phi) is 4.47. The van der Waals surface area contributed by atoms with Gasteiger partial charge >= 0.3 is 0 Å². The fraction of sp³-hybridized carbons (Fsp3) is 0.529. The first kappa shape index (κ1) is 17.3. The maximum absolute atomic E-state index is 12.5. The molecule has 1 saturated heterocycles. The molecule has 0 radical (unpaired) electrons. The molecule has 2 aromatic heterocycles. The van der Waals surface area contributed by atoms with Gasteiger partial charge in [0.2, 0.25) is 0 Å². The summed E-state index contributed by atoms with van der Waals surface area (Å²) in [6.45, 7) is 8.60. The average Bonchev–Trinajstić information content (AvgIpc) is 3.18. The van der Waals surface area contributed by atoms with E-state index in [9.17, 15) is 9.59 Å². The molecule has 1 aliphatic rings. The van der Waals surface area contributed by atoms with Gasteiger partial charge in [0.25, 0.3) is 11.5 Å². The molecule has 2 aromatic rings. The number of carbonyl (C=O) groups is 1. The highest BCUT2D eigenvalue weighted by Gasteiger charge is 2.33. The van der Waals surface area contributed by atoms with Crippen LogP contribution in [0.1, 0.15) is 48.7 Å². The van der Waals surface area contributed by atoms with Crippen molar-refractivity contribution in [2.75, 3.05) is 13.2 Å². The molecule has 1 fully saturated rings. The predicted octanol–water partition coefficient (Wildman–Crippen LogP) is 0.942. The van der Waals surface area contributed by atoms with Gasteiger partial charge in [0, 0.05) is 17.2 Å². The molecular weight excluding hydrogens is 322 g/mol. The fourth-order valence-electron chi connectivity index (χ4n) is 2.74. The zero-order chi connectivity index (χ0) is 18.2. The smallest absolute Gasteiger partial charge is 0.272 e. The molecular formula is C17H23N5O3. The van der Waals surface area contributed by atoms with Gasteiger partial charge in [-0.15, -0.1) is 0 Å². The van der Waals surface area contributed by atoms with E-state index in [1.54, 1.807) is 12.1 Å². The van der Waals surface area contributed by atoms with E-state index in [2.05, 4.69) is 20.6 Å². The van der Waals surface area contributed by atoms with Crippen LogP contribution in [0.3, 0.4) is 0 Å². The van der Waals surface area contributed by atoms with Crippen LogP contribution in [0.4, 0.5) is 0 Å². The molecule has 2 atom stereocenters. The van der Waals surface area contributed by atoms with E-state index in [-0.39, 0.29) is 29.0 Å². The molecule has 25 heavy (non-hydrogen) atoms. The lowest BCUT2D eigenvalue weighted by Gasteiger charge is -2.20. The van der Waals surface area contributed by atoms with Gasteiger partial charge in [-0.05, 0) is 19.1 Å². The molecule has 8 heteroatoms. The summed E-state index contributed by atoms with van der Waals surface area (Å²) in [6, 6.07) is 4.21. The third-order valence-corrected chi connectivity index (χ3v) is 4.26. The molecule has 0 spiro atoms. The lowest BCUT2D eigenvalue weighted by molar-refractivity contribution is 0.0919. The molecule has 3 heterocycles. The number of hydrogen-bond acceptors (Lipinski definition) is 5. The van der Waals surface area contributed by atoms with Crippen molar-refractivity contribution in [2.45, 2.75) is 45.2 Å². The maximum Gasteiger partial charge on any atom is 0.272 e. The summed E-state index contributed by atoms with van der Waals surface area (Å²) < 4.78 is 6.86. The van der Waals surface area contributed by atoms with E-state index in [0.717, 1.165) is 11.4 Å². The number of aryl methyl sites for hydroxylation is 1. The summed E-state index contributed by atoms with van der Waals surface area (Å²) in [4.78, 5) is 24.6. The normalized spacial score (nSPS) is 20.6. The van der Waals surface area contributed by atoms with Crippen molar-refractivity contribution in [1.29, 1.82) is 0 Å². The molecule has 3 rings (SSSR count). The van der Waals surface area contributed by atoms with Gasteiger partial charge in [0.15, 0.2) is 0 Å². The Morgan fingerprint density at radius 1 is 1.36 bits per heavy atom. The quantitative estimate of drug-likeness (QED) is 0.862. The Hall–Kier alpha value is -2.48. The zero-order valence-corrected chi connectivity index (χ0v) is 14.9. The largest absolute Gasteiger partial charge is 0.377 e. The van der Waals surface area contributed by atoms with Crippen LogP contribution in [0.2, 0.25) is 0 Å². The second kappa shape index (κ2) is 6.44. The second-order valence-corrected chi connectivity index (χ2v) is 7.36. The van der Waals surface area contributed by atoms with E-state index < -0.39 is 0 Å². The van der Waals surface area contributed by atoms with Crippen molar-refractivity contribution in [2.24, 2.45) is 0 Å². The number of rotatable bonds is 3. The third-order valence-electron chi connectivity index (χ3n) is 4.26. The van der Waals surface area contributed by atoms with Crippen molar-refractivity contribution in [3.8, 4) is 0 Å². The topological polar surface area (TPSA) is 102 Å². The SMILES string of the molecule is Cc1ccc(=O)n(C2COCC2NC(=O)c2cc(C(C)(C)C)[nH]n2)n1. The van der Waals surface area contributed by atoms with Crippen molar-refractivity contribution in [3.05, 3.63) is 45.6 Å². The molecule has 1 aliphatic heterocycles. The van der Waals surface area contributed by atoms with Crippen LogP contribution < -0.4 is 10.9 Å². The van der Waals surface area contributed by atoms with Crippen LogP contribution >= 0.6 is 0 Å². The molecule has 8 nitrogen and oxygen atoms in total. The van der Waals surface area contributed by atoms with Crippen LogP contribution in [-0.2, 0) is 10.2 Å². The minimum absolute atomic E-state index is 0.122. The number of hydrogen-bond donors (Lipinski definition) is 2. The Morgan fingerprint density at radius 2 is 2.12 bits per heavy atom. The first-order chi connectivity index (χ1) is 11.8. The summed E-state index contributed by atoms with van der Waals surface area (Å²) in [5.41, 5.74) is 1.60. The number of aromatic amines is 1. The average molecular weight is 345 g/mol. The van der Waals surface area contributed by atoms with E-state index in [1.165, 1.54) is 10.7 Å². The standard InChI is InChI=1S/C17H23N5O3/c1-10-5-6-15(23)22(21-10)13-9-25-8-12(13)18-16(24)11-7-14(20-19-11)17(2,3)4/h5-7,12-13H,8-9H2,1-4H3,(H,18,24)(H,19,20). The molecule has 0 bridgehead atoms. The monoisotopic (exact) mass is 345 g/mol. The van der Waals surface area contributed by atoms with E-state index in [0.29, 0.717) is 18.9 Å². The predicted molar refractivity (Wildman–Crippen MR) is 91.6 cm³/mol. The van der Waals surface area contributed by atoms with Gasteiger partial charge < -0.3 is 10.1 Å². The van der Waals surface area contributed by atoms with E-state index in [4.69, 9.17) is 4.74 Å². The van der Waals surface area contributed by atoms with Crippen molar-refractivity contribution in [1.82, 2.24) is 25.3 Å². The van der Waals surface area contributed by atoms with Gasteiger partial charge in [0.05, 0.1) is 24.9 Å². The van der Waals surface area contributed by atoms with Gasteiger partial charge in [0.1, 0.15) is 11.7 Å². The summed E-state index contributed by atoms with van der Waals surface area (Å²) in [5, 5.41) is 14.2. The number of carbonyl (C=O) groups excluding carboxylic acids is 1. The van der Waals surface area contributed by atoms with Crippen LogP contribution in [0.25, 0.3) is 0 Å². The number of amides is 1. The van der Waals surface area contributed by atoms with Gasteiger partial charge in [-0.25, -0.2) is 4.68 Å². The van der Waals surface area contributed by atoms with E-state index >= 15 is 0 Å². The first-order valence-electron chi connectivity index (χ1n) is 8.26. The number of nitrogens with one attached hydrogen (secondary N) is 2. The van der Waals surface area contributed by atoms with E-state index in [1.807, 2.05) is 27.7 Å². The number of nitrogens with zero attached hydrogens (tertiary/aromatic N) is 3. The number of H-pyrrole nitrogens is 1. The fourth-order valence-corrected chi connectivity index (χ4v) is 2.74. The summed E-state index contributed by atoms with van der Waals surface area (Å²) in [6.07, 6.45) is 0. The van der Waals surface area contributed by atoms with Crippen LogP contribution in [0.5, 0.6) is 0 Å². The van der Waals surface area contributed by atoms with Crippen molar-refractivity contribution in [3.63, 3.8) is 0 Å². The number of ether oxygens (including phenoxy) is 1. The van der Waals surface area contributed by atoms with Crippen molar-refractivity contribution < 1.29 is 9.53 Å². The molecule has 0 aliphatic carbocycles. The van der Waals surface area contributed by atoms with Crippen molar-refractivity contribution >= 4 is 5.91 Å². The molecule has 0 saturated carbocycles. The summed E-state index contributed by atoms with van der Waals surface area (Å²) >= 11 is 0. The van der Waals surface area contributed by atoms with Gasteiger partial charge in [-0.3, -0.25) is 14.7 Å². The van der Waals surface area contributed by atoms with Gasteiger partial charge in [-0.2, -0.15) is 10.2 Å². The van der Waals surface area contributed by atoms with Crippen LogP contribution in [0, 0.1) is 6.92 Å². The highest BCUT2D eigenvalue weighted by molar-refractivity contribution is 5.92. The summed E-state index contributed by atoms with van der Waals surface area (Å²) in [7, 11) is 0. The molecule has 2 N–H and O–H groups in total. The zero-order valence-electron chi connectivity index (χ0n) is 14.9. The maximum atomic E-state index is 12.5. The second-order valence-electron chi connectivity index (χ2n) is 7.36. The Morgan fingerprint density at radius 3 is 2.80 bits per heavy atom. The minimum atomic E-state index is -0.339. The Balaban J connectivity index is 1.77.